The number of aromatic amines is 1. The number of nitrogens with one attached hydrogen (secondary N) is 1. The predicted molar refractivity (Wildman–Crippen MR) is 75.4 cm³/mol. The number of aliphatic hydroxyl groups excluding tert-OH is 1. The highest BCUT2D eigenvalue weighted by atomic mass is 32.2. The molecule has 0 fully saturated rings. The Morgan fingerprint density at radius 1 is 1.38 bits per heavy atom. The molecule has 0 aliphatic rings. The van der Waals surface area contributed by atoms with Crippen LogP contribution in [-0.4, -0.2) is 46.7 Å². The summed E-state index contributed by atoms with van der Waals surface area (Å²) >= 11 is 0. The molecule has 0 atom stereocenters. The van der Waals surface area contributed by atoms with Crippen molar-refractivity contribution in [3.05, 3.63) is 42.0 Å². The maximum Gasteiger partial charge on any atom is 0.244 e. The number of pyridine rings is 1. The molecule has 2 aromatic rings. The average molecular weight is 306 g/mol. The van der Waals surface area contributed by atoms with Crippen molar-refractivity contribution < 1.29 is 13.5 Å². The third kappa shape index (κ3) is 3.66. The van der Waals surface area contributed by atoms with Gasteiger partial charge in [0.1, 0.15) is 11.5 Å². The number of nitrogens with zero attached hydrogens (tertiary/aromatic N) is 3. The smallest absolute Gasteiger partial charge is 0.244 e. The first-order chi connectivity index (χ1) is 10.0. The van der Waals surface area contributed by atoms with Gasteiger partial charge in [-0.15, -0.1) is 0 Å². The summed E-state index contributed by atoms with van der Waals surface area (Å²) in [5, 5.41) is 15.1. The van der Waals surface area contributed by atoms with E-state index in [1.54, 1.807) is 12.4 Å². The first-order valence-corrected chi connectivity index (χ1v) is 7.47. The number of sulfonamides is 1. The van der Waals surface area contributed by atoms with Gasteiger partial charge in [0.25, 0.3) is 0 Å². The van der Waals surface area contributed by atoms with E-state index in [0.29, 0.717) is 5.56 Å². The van der Waals surface area contributed by atoms with Gasteiger partial charge in [0.2, 0.25) is 10.0 Å². The molecule has 21 heavy (non-hydrogen) atoms. The van der Waals surface area contributed by atoms with Crippen molar-refractivity contribution in [3.8, 4) is 11.8 Å². The van der Waals surface area contributed by atoms with Gasteiger partial charge in [-0.1, -0.05) is 11.8 Å². The summed E-state index contributed by atoms with van der Waals surface area (Å²) in [5.41, 5.74) is 1.19. The van der Waals surface area contributed by atoms with E-state index in [1.165, 1.54) is 29.8 Å². The van der Waals surface area contributed by atoms with Crippen LogP contribution in [0.4, 0.5) is 0 Å². The summed E-state index contributed by atoms with van der Waals surface area (Å²) in [7, 11) is -2.18. The van der Waals surface area contributed by atoms with Gasteiger partial charge in [-0.05, 0) is 6.07 Å². The van der Waals surface area contributed by atoms with Gasteiger partial charge < -0.3 is 5.11 Å². The lowest BCUT2D eigenvalue weighted by atomic mass is 10.3. The number of hydrogen-bond donors (Lipinski definition) is 2. The average Bonchev–Trinajstić information content (AvgIpc) is 2.98. The van der Waals surface area contributed by atoms with Crippen LogP contribution in [0.5, 0.6) is 0 Å². The SMILES string of the molecule is CN(Cc1cn[nH]c1)S(=O)(=O)c1cncc(C#CCO)c1. The van der Waals surface area contributed by atoms with Crippen molar-refractivity contribution in [2.45, 2.75) is 11.4 Å². The highest BCUT2D eigenvalue weighted by Crippen LogP contribution is 2.16. The van der Waals surface area contributed by atoms with Crippen molar-refractivity contribution in [2.24, 2.45) is 0 Å². The minimum Gasteiger partial charge on any atom is -0.384 e. The minimum absolute atomic E-state index is 0.0539. The van der Waals surface area contributed by atoms with Crippen LogP contribution in [0.25, 0.3) is 0 Å². The Balaban J connectivity index is 2.26. The second-order valence-corrected chi connectivity index (χ2v) is 6.28. The number of hydrogen-bond acceptors (Lipinski definition) is 5. The summed E-state index contributed by atoms with van der Waals surface area (Å²) in [4.78, 5) is 3.93. The van der Waals surface area contributed by atoms with Crippen LogP contribution in [-0.2, 0) is 16.6 Å². The minimum atomic E-state index is -3.66. The number of aromatic nitrogens is 3. The van der Waals surface area contributed by atoms with Crippen molar-refractivity contribution in [1.82, 2.24) is 19.5 Å². The van der Waals surface area contributed by atoms with E-state index in [-0.39, 0.29) is 18.0 Å². The summed E-state index contributed by atoms with van der Waals surface area (Å²) < 4.78 is 26.1. The van der Waals surface area contributed by atoms with Crippen molar-refractivity contribution in [1.29, 1.82) is 0 Å². The van der Waals surface area contributed by atoms with Gasteiger partial charge in [0.05, 0.1) is 6.20 Å². The zero-order chi connectivity index (χ0) is 15.3. The first-order valence-electron chi connectivity index (χ1n) is 6.03. The molecule has 2 rings (SSSR count). The van der Waals surface area contributed by atoms with Crippen LogP contribution in [0, 0.1) is 11.8 Å². The summed E-state index contributed by atoms with van der Waals surface area (Å²) in [6.45, 7) is -0.0945. The summed E-state index contributed by atoms with van der Waals surface area (Å²) in [5.74, 6) is 5.08. The second kappa shape index (κ2) is 6.49. The predicted octanol–water partition coefficient (Wildman–Crippen LogP) is -0.0308. The maximum atomic E-state index is 12.4. The Hall–Kier alpha value is -2.21. The van der Waals surface area contributed by atoms with Crippen LogP contribution >= 0.6 is 0 Å². The molecule has 0 amide bonds. The fourth-order valence-corrected chi connectivity index (χ4v) is 2.80. The Morgan fingerprint density at radius 3 is 2.86 bits per heavy atom. The standard InChI is InChI=1S/C13H14N4O3S/c1-17(10-12-7-15-16-8-12)21(19,20)13-5-11(3-2-4-18)6-14-9-13/h5-9,18H,4,10H2,1H3,(H,15,16). The van der Waals surface area contributed by atoms with Gasteiger partial charge in [-0.3, -0.25) is 10.1 Å². The van der Waals surface area contributed by atoms with Crippen LogP contribution in [0.1, 0.15) is 11.1 Å². The Kier molecular flexibility index (Phi) is 4.70. The Bertz CT molecular complexity index is 760. The molecule has 0 unspecified atom stereocenters. The molecular formula is C13H14N4O3S. The van der Waals surface area contributed by atoms with E-state index in [2.05, 4.69) is 27.0 Å². The molecule has 0 aliphatic heterocycles. The molecule has 2 aromatic heterocycles. The Labute approximate surface area is 122 Å². The highest BCUT2D eigenvalue weighted by Gasteiger charge is 2.21. The fourth-order valence-electron chi connectivity index (χ4n) is 1.66. The molecule has 7 nitrogen and oxygen atoms in total. The molecule has 2 N–H and O–H groups in total. The van der Waals surface area contributed by atoms with Crippen molar-refractivity contribution in [2.75, 3.05) is 13.7 Å². The quantitative estimate of drug-likeness (QED) is 0.773. The normalized spacial score (nSPS) is 11.2. The van der Waals surface area contributed by atoms with Crippen LogP contribution in [0.3, 0.4) is 0 Å². The van der Waals surface area contributed by atoms with Gasteiger partial charge in [-0.25, -0.2) is 8.42 Å². The van der Waals surface area contributed by atoms with Gasteiger partial charge in [0.15, 0.2) is 0 Å². The topological polar surface area (TPSA) is 99.2 Å². The molecule has 0 saturated heterocycles. The van der Waals surface area contributed by atoms with Crippen LogP contribution < -0.4 is 0 Å². The molecule has 0 saturated carbocycles. The lowest BCUT2D eigenvalue weighted by Gasteiger charge is -2.16. The second-order valence-electron chi connectivity index (χ2n) is 4.24. The van der Waals surface area contributed by atoms with E-state index in [0.717, 1.165) is 5.56 Å². The molecule has 110 valence electrons. The zero-order valence-electron chi connectivity index (χ0n) is 11.3. The molecule has 0 radical (unpaired) electrons. The Morgan fingerprint density at radius 2 is 2.19 bits per heavy atom. The number of rotatable bonds is 4. The lowest BCUT2D eigenvalue weighted by Crippen LogP contribution is -2.26. The van der Waals surface area contributed by atoms with E-state index in [9.17, 15) is 8.42 Å². The third-order valence-electron chi connectivity index (χ3n) is 2.69. The van der Waals surface area contributed by atoms with Crippen molar-refractivity contribution in [3.63, 3.8) is 0 Å². The van der Waals surface area contributed by atoms with E-state index >= 15 is 0 Å². The van der Waals surface area contributed by atoms with Gasteiger partial charge >= 0.3 is 0 Å². The molecule has 8 heteroatoms. The molecular weight excluding hydrogens is 292 g/mol. The van der Waals surface area contributed by atoms with E-state index in [1.807, 2.05) is 0 Å². The molecule has 0 aliphatic carbocycles. The fraction of sp³-hybridized carbons (Fsp3) is 0.231. The number of H-pyrrole nitrogens is 1. The van der Waals surface area contributed by atoms with Gasteiger partial charge in [0, 0.05) is 43.3 Å². The number of aliphatic hydroxyl groups is 1. The molecule has 0 aromatic carbocycles. The molecule has 0 bridgehead atoms. The summed E-state index contributed by atoms with van der Waals surface area (Å²) in [6.07, 6.45) is 5.91. The van der Waals surface area contributed by atoms with Crippen LogP contribution in [0.2, 0.25) is 0 Å². The first kappa shape index (κ1) is 15.2. The highest BCUT2D eigenvalue weighted by molar-refractivity contribution is 7.89. The molecule has 2 heterocycles. The van der Waals surface area contributed by atoms with E-state index < -0.39 is 10.0 Å². The largest absolute Gasteiger partial charge is 0.384 e. The maximum absolute atomic E-state index is 12.4. The van der Waals surface area contributed by atoms with E-state index in [4.69, 9.17) is 5.11 Å². The van der Waals surface area contributed by atoms with Crippen molar-refractivity contribution >= 4 is 10.0 Å². The third-order valence-corrected chi connectivity index (χ3v) is 4.46. The lowest BCUT2D eigenvalue weighted by molar-refractivity contribution is 0.350. The molecule has 0 spiro atoms. The van der Waals surface area contributed by atoms with Crippen LogP contribution in [0.15, 0.2) is 35.7 Å². The zero-order valence-corrected chi connectivity index (χ0v) is 12.1. The summed E-state index contributed by atoms with van der Waals surface area (Å²) in [6, 6.07) is 1.43. The monoisotopic (exact) mass is 306 g/mol. The van der Waals surface area contributed by atoms with Gasteiger partial charge in [-0.2, -0.15) is 9.40 Å².